The number of alkyl halides is 1. The molecule has 2 saturated carbocycles. The monoisotopic (exact) mass is 358 g/mol. The van der Waals surface area contributed by atoms with Gasteiger partial charge in [-0.15, -0.1) is 0 Å². The Hall–Kier alpha value is 0.440. The maximum atomic E-state index is 6.59. The fourth-order valence-corrected chi connectivity index (χ4v) is 5.11. The summed E-state index contributed by atoms with van der Waals surface area (Å²) in [6, 6.07) is 0. The summed E-state index contributed by atoms with van der Waals surface area (Å²) in [6.45, 7) is 8.14. The minimum absolute atomic E-state index is 0.415. The van der Waals surface area contributed by atoms with E-state index in [1.807, 2.05) is 0 Å². The molecule has 0 heterocycles. The van der Waals surface area contributed by atoms with E-state index in [4.69, 9.17) is 4.74 Å². The van der Waals surface area contributed by atoms with E-state index in [9.17, 15) is 0 Å². The van der Waals surface area contributed by atoms with E-state index >= 15 is 0 Å². The first kappa shape index (κ1) is 17.8. The van der Waals surface area contributed by atoms with Gasteiger partial charge < -0.3 is 4.74 Å². The Morgan fingerprint density at radius 3 is 2.33 bits per heavy atom. The van der Waals surface area contributed by atoms with E-state index in [1.54, 1.807) is 0 Å². The van der Waals surface area contributed by atoms with Gasteiger partial charge >= 0.3 is 0 Å². The zero-order valence-electron chi connectivity index (χ0n) is 14.4. The maximum Gasteiger partial charge on any atom is 0.0608 e. The molecule has 124 valence electrons. The van der Waals surface area contributed by atoms with E-state index in [1.165, 1.54) is 57.8 Å². The minimum Gasteiger partial charge on any atom is -0.377 e. The highest BCUT2D eigenvalue weighted by Crippen LogP contribution is 2.40. The number of ether oxygens (including phenoxy) is 1. The van der Waals surface area contributed by atoms with Gasteiger partial charge in [0, 0.05) is 10.7 Å². The van der Waals surface area contributed by atoms with Crippen LogP contribution in [0, 0.1) is 23.2 Å². The normalized spacial score (nSPS) is 33.9. The molecule has 0 amide bonds. The molecule has 2 aliphatic rings. The average Bonchev–Trinajstić information content (AvgIpc) is 2.71. The first-order valence-corrected chi connectivity index (χ1v) is 10.4. The third-order valence-electron chi connectivity index (χ3n) is 6.01. The Morgan fingerprint density at radius 2 is 1.76 bits per heavy atom. The molecule has 0 aromatic carbocycles. The van der Waals surface area contributed by atoms with Gasteiger partial charge in [-0.1, -0.05) is 68.8 Å². The predicted molar refractivity (Wildman–Crippen MR) is 95.0 cm³/mol. The van der Waals surface area contributed by atoms with Gasteiger partial charge in [0.1, 0.15) is 0 Å². The Labute approximate surface area is 140 Å². The van der Waals surface area contributed by atoms with Crippen LogP contribution in [0.1, 0.15) is 78.6 Å². The van der Waals surface area contributed by atoms with Crippen LogP contribution in [0.15, 0.2) is 0 Å². The lowest BCUT2D eigenvalue weighted by Crippen LogP contribution is -2.38. The topological polar surface area (TPSA) is 9.23 Å². The summed E-state index contributed by atoms with van der Waals surface area (Å²) in [5.74, 6) is 2.38. The fourth-order valence-electron chi connectivity index (χ4n) is 4.39. The highest BCUT2D eigenvalue weighted by molar-refractivity contribution is 9.09. The summed E-state index contributed by atoms with van der Waals surface area (Å²) in [5.41, 5.74) is 0.415. The molecule has 1 nitrogen and oxygen atoms in total. The Bertz CT molecular complexity index is 294. The van der Waals surface area contributed by atoms with Crippen LogP contribution in [0.25, 0.3) is 0 Å². The minimum atomic E-state index is 0.415. The number of rotatable bonds is 5. The molecule has 2 heteroatoms. The van der Waals surface area contributed by atoms with Crippen LogP contribution in [-0.4, -0.2) is 18.0 Å². The lowest BCUT2D eigenvalue weighted by molar-refractivity contribution is -0.0708. The highest BCUT2D eigenvalue weighted by atomic mass is 79.9. The van der Waals surface area contributed by atoms with Crippen molar-refractivity contribution < 1.29 is 4.74 Å². The van der Waals surface area contributed by atoms with E-state index in [2.05, 4.69) is 36.7 Å². The molecule has 3 atom stereocenters. The van der Waals surface area contributed by atoms with Crippen molar-refractivity contribution in [2.75, 3.05) is 11.9 Å². The molecule has 0 aromatic heterocycles. The van der Waals surface area contributed by atoms with Gasteiger partial charge in [0.2, 0.25) is 0 Å². The van der Waals surface area contributed by atoms with Crippen molar-refractivity contribution in [2.24, 2.45) is 23.2 Å². The molecular formula is C19H35BrO. The van der Waals surface area contributed by atoms with Gasteiger partial charge in [-0.2, -0.15) is 0 Å². The van der Waals surface area contributed by atoms with Crippen molar-refractivity contribution in [2.45, 2.75) is 84.7 Å². The van der Waals surface area contributed by atoms with Crippen molar-refractivity contribution >= 4 is 15.9 Å². The average molecular weight is 359 g/mol. The molecule has 2 aliphatic carbocycles. The van der Waals surface area contributed by atoms with Gasteiger partial charge in [0.05, 0.1) is 12.7 Å². The molecule has 21 heavy (non-hydrogen) atoms. The quantitative estimate of drug-likeness (QED) is 0.419. The third-order valence-corrected chi connectivity index (χ3v) is 7.20. The number of hydrogen-bond donors (Lipinski definition) is 0. The summed E-state index contributed by atoms with van der Waals surface area (Å²) >= 11 is 3.80. The molecule has 0 aromatic rings. The zero-order valence-corrected chi connectivity index (χ0v) is 16.0. The van der Waals surface area contributed by atoms with Crippen LogP contribution in [0.3, 0.4) is 0 Å². The molecule has 0 bridgehead atoms. The Kier molecular flexibility index (Phi) is 7.06. The first-order valence-electron chi connectivity index (χ1n) is 9.24. The Morgan fingerprint density at radius 1 is 1.10 bits per heavy atom. The van der Waals surface area contributed by atoms with E-state index in [-0.39, 0.29) is 0 Å². The van der Waals surface area contributed by atoms with Crippen LogP contribution in [0.2, 0.25) is 0 Å². The summed E-state index contributed by atoms with van der Waals surface area (Å²) < 4.78 is 6.59. The molecule has 0 saturated heterocycles. The summed E-state index contributed by atoms with van der Waals surface area (Å²) in [6.07, 6.45) is 12.9. The standard InChI is InChI=1S/C19H35BrO/c1-15(2)17-9-8-16(3)12-18(17)21-14-19(13-20)10-6-4-5-7-11-19/h15-18H,4-14H2,1-3H3. The molecule has 3 unspecified atom stereocenters. The molecule has 0 N–H and O–H groups in total. The molecule has 2 rings (SSSR count). The SMILES string of the molecule is CC1CCC(C(C)C)C(OCC2(CBr)CCCCCC2)C1. The van der Waals surface area contributed by atoms with Crippen molar-refractivity contribution in [1.82, 2.24) is 0 Å². The van der Waals surface area contributed by atoms with Gasteiger partial charge in [0.25, 0.3) is 0 Å². The summed E-state index contributed by atoms with van der Waals surface area (Å²) in [7, 11) is 0. The van der Waals surface area contributed by atoms with Crippen LogP contribution >= 0.6 is 15.9 Å². The lowest BCUT2D eigenvalue weighted by atomic mass is 9.75. The van der Waals surface area contributed by atoms with E-state index in [0.29, 0.717) is 11.5 Å². The van der Waals surface area contributed by atoms with Crippen LogP contribution in [0.4, 0.5) is 0 Å². The van der Waals surface area contributed by atoms with Gasteiger partial charge in [-0.25, -0.2) is 0 Å². The van der Waals surface area contributed by atoms with Gasteiger partial charge in [-0.05, 0) is 43.4 Å². The largest absolute Gasteiger partial charge is 0.377 e. The van der Waals surface area contributed by atoms with Crippen molar-refractivity contribution in [1.29, 1.82) is 0 Å². The van der Waals surface area contributed by atoms with Crippen LogP contribution in [-0.2, 0) is 4.74 Å². The van der Waals surface area contributed by atoms with Gasteiger partial charge in [-0.3, -0.25) is 0 Å². The van der Waals surface area contributed by atoms with Crippen LogP contribution < -0.4 is 0 Å². The first-order chi connectivity index (χ1) is 10.1. The fraction of sp³-hybridized carbons (Fsp3) is 1.00. The third kappa shape index (κ3) is 4.96. The van der Waals surface area contributed by atoms with E-state index < -0.39 is 0 Å². The summed E-state index contributed by atoms with van der Waals surface area (Å²) in [4.78, 5) is 0. The second-order valence-electron chi connectivity index (χ2n) is 8.22. The predicted octanol–water partition coefficient (Wildman–Crippen LogP) is 6.20. The molecular weight excluding hydrogens is 324 g/mol. The molecule has 2 fully saturated rings. The van der Waals surface area contributed by atoms with Crippen LogP contribution in [0.5, 0.6) is 0 Å². The zero-order chi connectivity index (χ0) is 15.3. The van der Waals surface area contributed by atoms with Crippen molar-refractivity contribution in [3.8, 4) is 0 Å². The highest BCUT2D eigenvalue weighted by Gasteiger charge is 2.35. The molecule has 0 aliphatic heterocycles. The van der Waals surface area contributed by atoms with Crippen molar-refractivity contribution in [3.63, 3.8) is 0 Å². The second kappa shape index (κ2) is 8.34. The smallest absolute Gasteiger partial charge is 0.0608 e. The molecule has 0 radical (unpaired) electrons. The molecule has 0 spiro atoms. The van der Waals surface area contributed by atoms with Crippen molar-refractivity contribution in [3.05, 3.63) is 0 Å². The summed E-state index contributed by atoms with van der Waals surface area (Å²) in [5, 5.41) is 1.12. The second-order valence-corrected chi connectivity index (χ2v) is 8.78. The Balaban J connectivity index is 1.94. The van der Waals surface area contributed by atoms with Gasteiger partial charge in [0.15, 0.2) is 0 Å². The lowest BCUT2D eigenvalue weighted by Gasteiger charge is -2.40. The number of halogens is 1. The maximum absolute atomic E-state index is 6.59. The number of hydrogen-bond acceptors (Lipinski definition) is 1. The van der Waals surface area contributed by atoms with E-state index in [0.717, 1.165) is 29.7 Å².